The first-order chi connectivity index (χ1) is 6.80. The number of nitrogens with one attached hydrogen (secondary N) is 2. The Kier molecular flexibility index (Phi) is 3.09. The lowest BCUT2D eigenvalue weighted by Crippen LogP contribution is -2.58. The molecule has 0 saturated carbocycles. The molecule has 0 aromatic rings. The Labute approximate surface area is 87.6 Å². The quantitative estimate of drug-likeness (QED) is 0.493. The summed E-state index contributed by atoms with van der Waals surface area (Å²) in [5.74, 6) is -1.18. The van der Waals surface area contributed by atoms with Crippen LogP contribution in [0.15, 0.2) is 0 Å². The van der Waals surface area contributed by atoms with Gasteiger partial charge in [-0.05, 0) is 20.3 Å². The zero-order valence-corrected chi connectivity index (χ0v) is 8.79. The molecule has 1 heterocycles. The highest BCUT2D eigenvalue weighted by molar-refractivity contribution is 6.02. The first-order valence-electron chi connectivity index (χ1n) is 4.74. The summed E-state index contributed by atoms with van der Waals surface area (Å²) in [6.45, 7) is 3.10. The van der Waals surface area contributed by atoms with Gasteiger partial charge in [-0.15, -0.1) is 0 Å². The summed E-state index contributed by atoms with van der Waals surface area (Å²) in [5.41, 5.74) is 4.53. The van der Waals surface area contributed by atoms with Crippen LogP contribution in [0.1, 0.15) is 26.7 Å². The van der Waals surface area contributed by atoms with Crippen molar-refractivity contribution in [2.45, 2.75) is 38.3 Å². The third-order valence-electron chi connectivity index (χ3n) is 2.13. The number of hydrogen-bond donors (Lipinski definition) is 3. The summed E-state index contributed by atoms with van der Waals surface area (Å²) in [5, 5.41) is 4.65. The van der Waals surface area contributed by atoms with Crippen molar-refractivity contribution in [1.29, 1.82) is 0 Å². The van der Waals surface area contributed by atoms with Crippen molar-refractivity contribution in [3.05, 3.63) is 0 Å². The predicted octanol–water partition coefficient (Wildman–Crippen LogP) is -1.35. The van der Waals surface area contributed by atoms with E-state index in [1.807, 2.05) is 0 Å². The molecule has 1 saturated heterocycles. The molecule has 0 aromatic heterocycles. The van der Waals surface area contributed by atoms with Crippen molar-refractivity contribution in [3.63, 3.8) is 0 Å². The molecule has 1 aliphatic rings. The summed E-state index contributed by atoms with van der Waals surface area (Å²) in [6.07, 6.45) is 0.564. The van der Waals surface area contributed by atoms with Crippen LogP contribution in [0.5, 0.6) is 0 Å². The Morgan fingerprint density at radius 2 is 2.13 bits per heavy atom. The van der Waals surface area contributed by atoms with Crippen molar-refractivity contribution in [1.82, 2.24) is 10.6 Å². The van der Waals surface area contributed by atoms with Crippen LogP contribution in [-0.4, -0.2) is 29.3 Å². The smallest absolute Gasteiger partial charge is 0.249 e. The Morgan fingerprint density at radius 1 is 1.53 bits per heavy atom. The normalized spacial score (nSPS) is 22.2. The summed E-state index contributed by atoms with van der Waals surface area (Å²) in [6, 6.07) is -0.655. The van der Waals surface area contributed by atoms with E-state index < -0.39 is 23.4 Å². The van der Waals surface area contributed by atoms with Crippen LogP contribution in [-0.2, 0) is 14.4 Å². The predicted molar refractivity (Wildman–Crippen MR) is 52.6 cm³/mol. The number of rotatable bonds is 2. The van der Waals surface area contributed by atoms with E-state index in [0.717, 1.165) is 0 Å². The van der Waals surface area contributed by atoms with E-state index >= 15 is 0 Å². The topological polar surface area (TPSA) is 101 Å². The van der Waals surface area contributed by atoms with Crippen molar-refractivity contribution in [2.24, 2.45) is 5.73 Å². The van der Waals surface area contributed by atoms with Crippen LogP contribution >= 0.6 is 0 Å². The molecule has 4 N–H and O–H groups in total. The van der Waals surface area contributed by atoms with Crippen LogP contribution in [0.3, 0.4) is 0 Å². The van der Waals surface area contributed by atoms with Gasteiger partial charge in [-0.2, -0.15) is 0 Å². The highest BCUT2D eigenvalue weighted by Crippen LogP contribution is 2.06. The molecule has 0 bridgehead atoms. The zero-order valence-electron chi connectivity index (χ0n) is 8.79. The van der Waals surface area contributed by atoms with E-state index in [1.165, 1.54) is 0 Å². The largest absolute Gasteiger partial charge is 0.343 e. The highest BCUT2D eigenvalue weighted by Gasteiger charge is 2.31. The fourth-order valence-electron chi connectivity index (χ4n) is 1.18. The molecule has 3 amide bonds. The van der Waals surface area contributed by atoms with E-state index in [1.54, 1.807) is 13.8 Å². The molecule has 1 fully saturated rings. The van der Waals surface area contributed by atoms with Gasteiger partial charge in [-0.1, -0.05) is 0 Å². The second-order valence-electron chi connectivity index (χ2n) is 4.20. The number of piperidine rings is 1. The highest BCUT2D eigenvalue weighted by atomic mass is 16.2. The van der Waals surface area contributed by atoms with Gasteiger partial charge < -0.3 is 11.1 Å². The summed E-state index contributed by atoms with van der Waals surface area (Å²) >= 11 is 0. The van der Waals surface area contributed by atoms with E-state index in [-0.39, 0.29) is 12.3 Å². The van der Waals surface area contributed by atoms with Gasteiger partial charge in [0.25, 0.3) is 0 Å². The molecule has 0 spiro atoms. The maximum absolute atomic E-state index is 11.5. The second kappa shape index (κ2) is 3.98. The molecule has 1 rings (SSSR count). The molecule has 15 heavy (non-hydrogen) atoms. The number of amides is 3. The molecule has 6 heteroatoms. The van der Waals surface area contributed by atoms with Crippen molar-refractivity contribution in [3.8, 4) is 0 Å². The monoisotopic (exact) mass is 213 g/mol. The molecule has 0 aromatic carbocycles. The summed E-state index contributed by atoms with van der Waals surface area (Å²) in [4.78, 5) is 33.6. The van der Waals surface area contributed by atoms with Gasteiger partial charge in [-0.25, -0.2) is 0 Å². The zero-order chi connectivity index (χ0) is 11.6. The fraction of sp³-hybridized carbons (Fsp3) is 0.667. The van der Waals surface area contributed by atoms with E-state index in [2.05, 4.69) is 10.6 Å². The van der Waals surface area contributed by atoms with Crippen molar-refractivity contribution < 1.29 is 14.4 Å². The fourth-order valence-corrected chi connectivity index (χ4v) is 1.18. The van der Waals surface area contributed by atoms with E-state index in [9.17, 15) is 14.4 Å². The standard InChI is InChI=1S/C9H15N3O3/c1-9(2,10)8(15)11-5-3-4-6(13)12-7(5)14/h5H,3-4,10H2,1-2H3,(H,11,15)(H,12,13,14). The molecule has 84 valence electrons. The lowest BCUT2D eigenvalue weighted by molar-refractivity contribution is -0.138. The van der Waals surface area contributed by atoms with Crippen LogP contribution < -0.4 is 16.4 Å². The first kappa shape index (κ1) is 11.6. The molecule has 1 atom stereocenters. The Morgan fingerprint density at radius 3 is 2.60 bits per heavy atom. The summed E-state index contributed by atoms with van der Waals surface area (Å²) in [7, 11) is 0. The van der Waals surface area contributed by atoms with Crippen LogP contribution in [0.2, 0.25) is 0 Å². The molecule has 6 nitrogen and oxygen atoms in total. The third kappa shape index (κ3) is 3.02. The molecule has 1 aliphatic heterocycles. The Bertz CT molecular complexity index is 306. The minimum Gasteiger partial charge on any atom is -0.343 e. The van der Waals surface area contributed by atoms with Crippen LogP contribution in [0.4, 0.5) is 0 Å². The number of imide groups is 1. The third-order valence-corrected chi connectivity index (χ3v) is 2.13. The number of nitrogens with two attached hydrogens (primary N) is 1. The van der Waals surface area contributed by atoms with Gasteiger partial charge in [0.2, 0.25) is 17.7 Å². The van der Waals surface area contributed by atoms with Gasteiger partial charge in [0.15, 0.2) is 0 Å². The number of carbonyl (C=O) groups excluding carboxylic acids is 3. The van der Waals surface area contributed by atoms with Crippen LogP contribution in [0, 0.1) is 0 Å². The Balaban J connectivity index is 2.56. The molecular formula is C9H15N3O3. The van der Waals surface area contributed by atoms with Gasteiger partial charge in [0.1, 0.15) is 6.04 Å². The lowest BCUT2D eigenvalue weighted by Gasteiger charge is -2.25. The first-order valence-corrected chi connectivity index (χ1v) is 4.74. The Hall–Kier alpha value is -1.43. The molecule has 1 unspecified atom stereocenters. The maximum Gasteiger partial charge on any atom is 0.249 e. The average molecular weight is 213 g/mol. The minimum atomic E-state index is -1.03. The summed E-state index contributed by atoms with van der Waals surface area (Å²) < 4.78 is 0. The van der Waals surface area contributed by atoms with Gasteiger partial charge >= 0.3 is 0 Å². The van der Waals surface area contributed by atoms with Crippen molar-refractivity contribution in [2.75, 3.05) is 0 Å². The van der Waals surface area contributed by atoms with Crippen LogP contribution in [0.25, 0.3) is 0 Å². The number of carbonyl (C=O) groups is 3. The molecule has 0 aliphatic carbocycles. The van der Waals surface area contributed by atoms with E-state index in [4.69, 9.17) is 5.73 Å². The molecule has 0 radical (unpaired) electrons. The average Bonchev–Trinajstić information content (AvgIpc) is 2.08. The van der Waals surface area contributed by atoms with Crippen molar-refractivity contribution >= 4 is 17.7 Å². The SMILES string of the molecule is CC(C)(N)C(=O)NC1CCC(=O)NC1=O. The van der Waals surface area contributed by atoms with E-state index in [0.29, 0.717) is 6.42 Å². The second-order valence-corrected chi connectivity index (χ2v) is 4.20. The minimum absolute atomic E-state index is 0.238. The molecular weight excluding hydrogens is 198 g/mol. The van der Waals surface area contributed by atoms with Gasteiger partial charge in [-0.3, -0.25) is 19.7 Å². The van der Waals surface area contributed by atoms with Gasteiger partial charge in [0.05, 0.1) is 5.54 Å². The maximum atomic E-state index is 11.5. The van der Waals surface area contributed by atoms with Gasteiger partial charge in [0, 0.05) is 6.42 Å². The number of hydrogen-bond acceptors (Lipinski definition) is 4. The lowest BCUT2D eigenvalue weighted by atomic mass is 10.0.